The number of morpholine rings is 1. The van der Waals surface area contributed by atoms with Gasteiger partial charge in [0.15, 0.2) is 5.78 Å². The van der Waals surface area contributed by atoms with Crippen LogP contribution in [0.25, 0.3) is 16.7 Å². The van der Waals surface area contributed by atoms with Crippen LogP contribution in [0.4, 0.5) is 0 Å². The third kappa shape index (κ3) is 3.62. The zero-order valence-corrected chi connectivity index (χ0v) is 18.8. The fourth-order valence-corrected chi connectivity index (χ4v) is 5.22. The summed E-state index contributed by atoms with van der Waals surface area (Å²) >= 11 is 0. The zero-order valence-electron chi connectivity index (χ0n) is 18.8. The molecule has 0 spiro atoms. The van der Waals surface area contributed by atoms with Gasteiger partial charge in [-0.1, -0.05) is 60.7 Å². The topological polar surface area (TPSA) is 55.8 Å². The van der Waals surface area contributed by atoms with Crippen LogP contribution in [0.5, 0.6) is 5.75 Å². The molecule has 5 nitrogen and oxygen atoms in total. The summed E-state index contributed by atoms with van der Waals surface area (Å²) in [7, 11) is 0. The SMILES string of the molecule is O=C1CCc2c(OCC3CN(C(=O)C=C4c5ccccc5-c5ccccc54)CCO3)cccc21. The second-order valence-electron chi connectivity index (χ2n) is 8.94. The molecule has 1 heterocycles. The number of hydrogen-bond donors (Lipinski definition) is 0. The highest BCUT2D eigenvalue weighted by Crippen LogP contribution is 2.43. The van der Waals surface area contributed by atoms with Crippen molar-refractivity contribution >= 4 is 17.3 Å². The second-order valence-corrected chi connectivity index (χ2v) is 8.94. The van der Waals surface area contributed by atoms with Crippen molar-refractivity contribution in [1.29, 1.82) is 0 Å². The molecule has 34 heavy (non-hydrogen) atoms. The van der Waals surface area contributed by atoms with Crippen molar-refractivity contribution in [3.63, 3.8) is 0 Å². The third-order valence-electron chi connectivity index (χ3n) is 6.90. The largest absolute Gasteiger partial charge is 0.491 e. The first-order chi connectivity index (χ1) is 16.7. The maximum Gasteiger partial charge on any atom is 0.247 e. The van der Waals surface area contributed by atoms with Gasteiger partial charge in [0.1, 0.15) is 18.5 Å². The van der Waals surface area contributed by atoms with Gasteiger partial charge in [-0.05, 0) is 40.3 Å². The lowest BCUT2D eigenvalue weighted by Crippen LogP contribution is -2.47. The molecule has 1 atom stereocenters. The summed E-state index contributed by atoms with van der Waals surface area (Å²) in [5.74, 6) is 0.909. The van der Waals surface area contributed by atoms with Gasteiger partial charge in [0.2, 0.25) is 5.91 Å². The van der Waals surface area contributed by atoms with Crippen molar-refractivity contribution in [2.45, 2.75) is 18.9 Å². The first kappa shape index (κ1) is 20.9. The molecule has 3 aromatic carbocycles. The molecule has 170 valence electrons. The van der Waals surface area contributed by atoms with E-state index in [2.05, 4.69) is 24.3 Å². The van der Waals surface area contributed by atoms with E-state index in [9.17, 15) is 9.59 Å². The Balaban J connectivity index is 1.18. The van der Waals surface area contributed by atoms with Gasteiger partial charge in [-0.2, -0.15) is 0 Å². The molecule has 0 N–H and O–H groups in total. The van der Waals surface area contributed by atoms with Crippen LogP contribution in [-0.4, -0.2) is 49.0 Å². The number of hydrogen-bond acceptors (Lipinski definition) is 4. The summed E-state index contributed by atoms with van der Waals surface area (Å²) < 4.78 is 12.0. The molecular formula is C29H25NO4. The molecule has 0 saturated carbocycles. The number of benzene rings is 3. The average molecular weight is 452 g/mol. The Morgan fingerprint density at radius 2 is 1.59 bits per heavy atom. The van der Waals surface area contributed by atoms with Gasteiger partial charge in [-0.25, -0.2) is 0 Å². The van der Waals surface area contributed by atoms with Crippen LogP contribution >= 0.6 is 0 Å². The normalized spacial score (nSPS) is 18.4. The van der Waals surface area contributed by atoms with Crippen LogP contribution < -0.4 is 4.74 Å². The molecular weight excluding hydrogens is 426 g/mol. The Hall–Kier alpha value is -3.70. The Morgan fingerprint density at radius 3 is 2.32 bits per heavy atom. The molecule has 1 amide bonds. The van der Waals surface area contributed by atoms with Gasteiger partial charge in [-0.3, -0.25) is 9.59 Å². The Morgan fingerprint density at radius 1 is 0.912 bits per heavy atom. The molecule has 6 rings (SSSR count). The Kier molecular flexibility index (Phi) is 5.27. The molecule has 3 aliphatic rings. The van der Waals surface area contributed by atoms with Crippen molar-refractivity contribution in [2.24, 2.45) is 0 Å². The van der Waals surface area contributed by atoms with Gasteiger partial charge in [0.05, 0.1) is 13.2 Å². The van der Waals surface area contributed by atoms with Gasteiger partial charge in [0, 0.05) is 30.2 Å². The Labute approximate surface area is 198 Å². The number of fused-ring (bicyclic) bond motifs is 4. The number of Topliss-reactive ketones (excluding diaryl/α,β-unsaturated/α-hetero) is 1. The number of carbonyl (C=O) groups excluding carboxylic acids is 2. The lowest BCUT2D eigenvalue weighted by molar-refractivity contribution is -0.134. The van der Waals surface area contributed by atoms with Gasteiger partial charge >= 0.3 is 0 Å². The summed E-state index contributed by atoms with van der Waals surface area (Å²) in [6.45, 7) is 1.84. The van der Waals surface area contributed by atoms with E-state index in [1.54, 1.807) is 6.08 Å². The van der Waals surface area contributed by atoms with E-state index >= 15 is 0 Å². The second kappa shape index (κ2) is 8.58. The highest BCUT2D eigenvalue weighted by atomic mass is 16.5. The highest BCUT2D eigenvalue weighted by molar-refractivity contribution is 6.08. The summed E-state index contributed by atoms with van der Waals surface area (Å²) in [6, 6.07) is 22.1. The molecule has 1 fully saturated rings. The molecule has 5 heteroatoms. The first-order valence-corrected chi connectivity index (χ1v) is 11.8. The van der Waals surface area contributed by atoms with E-state index in [0.29, 0.717) is 32.7 Å². The summed E-state index contributed by atoms with van der Waals surface area (Å²) in [5.41, 5.74) is 7.25. The number of carbonyl (C=O) groups is 2. The van der Waals surface area contributed by atoms with Crippen molar-refractivity contribution in [3.05, 3.63) is 95.1 Å². The van der Waals surface area contributed by atoms with Crippen molar-refractivity contribution < 1.29 is 19.1 Å². The molecule has 3 aromatic rings. The Bertz CT molecular complexity index is 1280. The molecule has 1 saturated heterocycles. The molecule has 1 aliphatic heterocycles. The lowest BCUT2D eigenvalue weighted by Gasteiger charge is -2.32. The third-order valence-corrected chi connectivity index (χ3v) is 6.90. The van der Waals surface area contributed by atoms with E-state index in [0.717, 1.165) is 40.0 Å². The quantitative estimate of drug-likeness (QED) is 0.428. The predicted octanol–water partition coefficient (Wildman–Crippen LogP) is 4.53. The summed E-state index contributed by atoms with van der Waals surface area (Å²) in [6.07, 6.45) is 2.81. The van der Waals surface area contributed by atoms with Gasteiger partial charge < -0.3 is 14.4 Å². The first-order valence-electron chi connectivity index (χ1n) is 11.8. The fourth-order valence-electron chi connectivity index (χ4n) is 5.22. The average Bonchev–Trinajstić information content (AvgIpc) is 3.42. The molecule has 0 bridgehead atoms. The van der Waals surface area contributed by atoms with Gasteiger partial charge in [-0.15, -0.1) is 0 Å². The summed E-state index contributed by atoms with van der Waals surface area (Å²) in [4.78, 5) is 27.1. The van der Waals surface area contributed by atoms with Crippen LogP contribution in [-0.2, 0) is 16.0 Å². The van der Waals surface area contributed by atoms with E-state index in [1.807, 2.05) is 47.4 Å². The van der Waals surface area contributed by atoms with Crippen molar-refractivity contribution in [3.8, 4) is 16.9 Å². The van der Waals surface area contributed by atoms with E-state index in [4.69, 9.17) is 9.47 Å². The number of rotatable bonds is 4. The highest BCUT2D eigenvalue weighted by Gasteiger charge is 2.28. The van der Waals surface area contributed by atoms with E-state index in [-0.39, 0.29) is 17.8 Å². The zero-order chi connectivity index (χ0) is 23.1. The summed E-state index contributed by atoms with van der Waals surface area (Å²) in [5, 5.41) is 0. The molecule has 2 aliphatic carbocycles. The van der Waals surface area contributed by atoms with Crippen LogP contribution in [0.2, 0.25) is 0 Å². The monoisotopic (exact) mass is 451 g/mol. The fraction of sp³-hybridized carbons (Fsp3) is 0.241. The van der Waals surface area contributed by atoms with E-state index < -0.39 is 0 Å². The van der Waals surface area contributed by atoms with Crippen molar-refractivity contribution in [1.82, 2.24) is 4.90 Å². The number of amides is 1. The number of nitrogens with zero attached hydrogens (tertiary/aromatic N) is 1. The number of ether oxygens (including phenoxy) is 2. The molecule has 0 radical (unpaired) electrons. The molecule has 1 unspecified atom stereocenters. The molecule has 0 aromatic heterocycles. The smallest absolute Gasteiger partial charge is 0.247 e. The minimum absolute atomic E-state index is 0.0130. The number of ketones is 1. The minimum atomic E-state index is -0.216. The van der Waals surface area contributed by atoms with Gasteiger partial charge in [0.25, 0.3) is 0 Å². The van der Waals surface area contributed by atoms with E-state index in [1.165, 1.54) is 11.1 Å². The maximum atomic E-state index is 13.3. The van der Waals surface area contributed by atoms with Crippen LogP contribution in [0.1, 0.15) is 33.5 Å². The minimum Gasteiger partial charge on any atom is -0.491 e. The van der Waals surface area contributed by atoms with Crippen molar-refractivity contribution in [2.75, 3.05) is 26.3 Å². The predicted molar refractivity (Wildman–Crippen MR) is 130 cm³/mol. The van der Waals surface area contributed by atoms with Crippen LogP contribution in [0.3, 0.4) is 0 Å². The van der Waals surface area contributed by atoms with Crippen LogP contribution in [0.15, 0.2) is 72.8 Å². The maximum absolute atomic E-state index is 13.3. The lowest BCUT2D eigenvalue weighted by atomic mass is 10.0. The standard InChI is InChI=1S/C29H25NO4/c31-27-13-12-25-24(27)10-5-11-28(25)34-18-19-17-30(14-15-33-19)29(32)16-26-22-8-3-1-6-20(22)21-7-2-4-9-23(21)26/h1-11,16,19H,12-15,17-18H2. The van der Waals surface area contributed by atoms with Crippen LogP contribution in [0, 0.1) is 0 Å².